The summed E-state index contributed by atoms with van der Waals surface area (Å²) >= 11 is 0. The summed E-state index contributed by atoms with van der Waals surface area (Å²) in [6.07, 6.45) is 4.18. The molecule has 3 heterocycles. The normalized spacial score (nSPS) is 16.0. The highest BCUT2D eigenvalue weighted by Gasteiger charge is 2.18. The summed E-state index contributed by atoms with van der Waals surface area (Å²) in [4.78, 5) is 9.57. The fourth-order valence-electron chi connectivity index (χ4n) is 4.03. The van der Waals surface area contributed by atoms with Gasteiger partial charge in [-0.25, -0.2) is 4.68 Å². The topological polar surface area (TPSA) is 76.9 Å². The Morgan fingerprint density at radius 1 is 1.06 bits per heavy atom. The van der Waals surface area contributed by atoms with E-state index in [1.54, 1.807) is 0 Å². The van der Waals surface area contributed by atoms with Crippen molar-refractivity contribution in [3.05, 3.63) is 65.9 Å². The zero-order chi connectivity index (χ0) is 21.2. The number of ether oxygens (including phenoxy) is 1. The molecular weight excluding hydrogens is 388 g/mol. The molecule has 0 aliphatic carbocycles. The average molecular weight is 415 g/mol. The summed E-state index contributed by atoms with van der Waals surface area (Å²) in [7, 11) is 0. The lowest BCUT2D eigenvalue weighted by molar-refractivity contribution is 0.120. The van der Waals surface area contributed by atoms with Gasteiger partial charge in [-0.3, -0.25) is 0 Å². The molecule has 0 unspecified atom stereocenters. The van der Waals surface area contributed by atoms with Gasteiger partial charge in [0.25, 0.3) is 0 Å². The molecule has 2 aromatic heterocycles. The molecule has 158 valence electrons. The molecule has 7 nitrogen and oxygen atoms in total. The van der Waals surface area contributed by atoms with Gasteiger partial charge in [0.2, 0.25) is 5.95 Å². The van der Waals surface area contributed by atoms with Gasteiger partial charge in [0.05, 0.1) is 23.4 Å². The molecule has 0 amide bonds. The van der Waals surface area contributed by atoms with Crippen LogP contribution in [0.15, 0.2) is 54.7 Å². The molecule has 1 aliphatic rings. The van der Waals surface area contributed by atoms with Gasteiger partial charge < -0.3 is 15.4 Å². The van der Waals surface area contributed by atoms with Crippen LogP contribution in [-0.2, 0) is 4.74 Å². The number of para-hydroxylation sites is 1. The second-order valence-electron chi connectivity index (χ2n) is 8.04. The average Bonchev–Trinajstić information content (AvgIpc) is 3.42. The van der Waals surface area contributed by atoms with Crippen LogP contribution >= 0.6 is 0 Å². The summed E-state index contributed by atoms with van der Waals surface area (Å²) in [6.45, 7) is 5.70. The fraction of sp³-hybridized carbons (Fsp3) is 0.292. The highest BCUT2D eigenvalue weighted by molar-refractivity contribution is 5.90. The second kappa shape index (κ2) is 8.35. The van der Waals surface area contributed by atoms with E-state index in [-0.39, 0.29) is 6.10 Å². The van der Waals surface area contributed by atoms with Crippen molar-refractivity contribution in [3.63, 3.8) is 0 Å². The van der Waals surface area contributed by atoms with Crippen LogP contribution in [0.4, 0.5) is 17.5 Å². The van der Waals surface area contributed by atoms with E-state index in [0.29, 0.717) is 12.5 Å². The van der Waals surface area contributed by atoms with Crippen LogP contribution in [0, 0.1) is 13.8 Å². The summed E-state index contributed by atoms with van der Waals surface area (Å²) in [6, 6.07) is 16.4. The predicted octanol–water partition coefficient (Wildman–Crippen LogP) is 4.77. The molecule has 7 heteroatoms. The monoisotopic (exact) mass is 414 g/mol. The van der Waals surface area contributed by atoms with Crippen LogP contribution in [0.5, 0.6) is 0 Å². The summed E-state index contributed by atoms with van der Waals surface area (Å²) in [5, 5.41) is 12.3. The Kier molecular flexibility index (Phi) is 5.26. The molecule has 0 bridgehead atoms. The molecule has 1 fully saturated rings. The van der Waals surface area contributed by atoms with Gasteiger partial charge in [-0.05, 0) is 62.1 Å². The molecule has 1 aliphatic heterocycles. The van der Waals surface area contributed by atoms with Gasteiger partial charge in [0, 0.05) is 18.8 Å². The Morgan fingerprint density at radius 2 is 1.87 bits per heavy atom. The number of aromatic nitrogens is 4. The maximum absolute atomic E-state index is 5.74. The first-order valence-corrected chi connectivity index (χ1v) is 10.7. The van der Waals surface area contributed by atoms with Gasteiger partial charge in [-0.15, -0.1) is 0 Å². The Hall–Kier alpha value is -3.45. The standard InChI is InChI=1S/C24H26N6O/c1-16-11-17(2)13-18(12-16)27-22-21-15-26-30(19-7-4-3-5-8-19)23(21)29-24(28-22)25-14-20-9-6-10-31-20/h3-5,7-8,11-13,15,20H,6,9-10,14H2,1-2H3,(H2,25,27,28,29)/t20-/m0/s1. The van der Waals surface area contributed by atoms with Gasteiger partial charge >= 0.3 is 0 Å². The molecule has 2 aromatic carbocycles. The Bertz CT molecular complexity index is 1180. The van der Waals surface area contributed by atoms with E-state index >= 15 is 0 Å². The smallest absolute Gasteiger partial charge is 0.226 e. The van der Waals surface area contributed by atoms with E-state index in [1.807, 2.05) is 41.2 Å². The maximum Gasteiger partial charge on any atom is 0.226 e. The predicted molar refractivity (Wildman–Crippen MR) is 123 cm³/mol. The molecule has 4 aromatic rings. The van der Waals surface area contributed by atoms with E-state index in [2.05, 4.69) is 47.8 Å². The van der Waals surface area contributed by atoms with Crippen LogP contribution < -0.4 is 10.6 Å². The lowest BCUT2D eigenvalue weighted by Gasteiger charge is -2.14. The molecule has 5 rings (SSSR count). The largest absolute Gasteiger partial charge is 0.376 e. The first kappa shape index (κ1) is 19.5. The minimum atomic E-state index is 0.203. The Balaban J connectivity index is 1.55. The van der Waals surface area contributed by atoms with E-state index in [0.717, 1.165) is 47.7 Å². The van der Waals surface area contributed by atoms with Crippen LogP contribution in [0.2, 0.25) is 0 Å². The van der Waals surface area contributed by atoms with Crippen molar-refractivity contribution in [1.29, 1.82) is 0 Å². The van der Waals surface area contributed by atoms with E-state index in [1.165, 1.54) is 11.1 Å². The molecule has 31 heavy (non-hydrogen) atoms. The minimum absolute atomic E-state index is 0.203. The third-order valence-electron chi connectivity index (χ3n) is 5.43. The van der Waals surface area contributed by atoms with Crippen molar-refractivity contribution >= 4 is 28.5 Å². The molecule has 2 N–H and O–H groups in total. The summed E-state index contributed by atoms with van der Waals surface area (Å²) < 4.78 is 7.59. The van der Waals surface area contributed by atoms with E-state index < -0.39 is 0 Å². The van der Waals surface area contributed by atoms with Gasteiger partial charge in [0.1, 0.15) is 5.82 Å². The van der Waals surface area contributed by atoms with Crippen molar-refractivity contribution in [1.82, 2.24) is 19.7 Å². The van der Waals surface area contributed by atoms with Crippen LogP contribution in [0.25, 0.3) is 16.7 Å². The third-order valence-corrected chi connectivity index (χ3v) is 5.43. The number of rotatable bonds is 6. The molecule has 0 radical (unpaired) electrons. The van der Waals surface area contributed by atoms with Crippen molar-refractivity contribution in [3.8, 4) is 5.69 Å². The highest BCUT2D eigenvalue weighted by atomic mass is 16.5. The second-order valence-corrected chi connectivity index (χ2v) is 8.04. The quantitative estimate of drug-likeness (QED) is 0.473. The van der Waals surface area contributed by atoms with Gasteiger partial charge in [0.15, 0.2) is 5.65 Å². The fourth-order valence-corrected chi connectivity index (χ4v) is 4.03. The number of nitrogens with zero attached hydrogens (tertiary/aromatic N) is 4. The highest BCUT2D eigenvalue weighted by Crippen LogP contribution is 2.28. The zero-order valence-corrected chi connectivity index (χ0v) is 17.8. The van der Waals surface area contributed by atoms with Gasteiger partial charge in [-0.1, -0.05) is 24.3 Å². The number of hydrogen-bond donors (Lipinski definition) is 2. The number of hydrogen-bond acceptors (Lipinski definition) is 6. The Morgan fingerprint density at radius 3 is 2.61 bits per heavy atom. The van der Waals surface area contributed by atoms with Gasteiger partial charge in [-0.2, -0.15) is 15.1 Å². The SMILES string of the molecule is Cc1cc(C)cc(Nc2nc(NC[C@@H]3CCCO3)nc3c2cnn3-c2ccccc2)c1. The van der Waals surface area contributed by atoms with Crippen molar-refractivity contribution in [2.24, 2.45) is 0 Å². The molecule has 0 saturated carbocycles. The molecule has 1 atom stereocenters. The summed E-state index contributed by atoms with van der Waals surface area (Å²) in [5.74, 6) is 1.29. The van der Waals surface area contributed by atoms with E-state index in [9.17, 15) is 0 Å². The Labute approximate surface area is 181 Å². The van der Waals surface area contributed by atoms with Crippen molar-refractivity contribution in [2.75, 3.05) is 23.8 Å². The number of fused-ring (bicyclic) bond motifs is 1. The zero-order valence-electron chi connectivity index (χ0n) is 17.8. The summed E-state index contributed by atoms with van der Waals surface area (Å²) in [5.41, 5.74) is 5.10. The molecular formula is C24H26N6O. The van der Waals surface area contributed by atoms with Crippen LogP contribution in [0.3, 0.4) is 0 Å². The first-order valence-electron chi connectivity index (χ1n) is 10.7. The minimum Gasteiger partial charge on any atom is -0.376 e. The lowest BCUT2D eigenvalue weighted by Crippen LogP contribution is -2.20. The number of nitrogens with one attached hydrogen (secondary N) is 2. The molecule has 0 spiro atoms. The van der Waals surface area contributed by atoms with E-state index in [4.69, 9.17) is 14.7 Å². The molecule has 1 saturated heterocycles. The number of benzene rings is 2. The third kappa shape index (κ3) is 4.22. The van der Waals surface area contributed by atoms with Crippen LogP contribution in [0.1, 0.15) is 24.0 Å². The van der Waals surface area contributed by atoms with Crippen molar-refractivity contribution < 1.29 is 4.74 Å². The first-order chi connectivity index (χ1) is 15.2. The van der Waals surface area contributed by atoms with Crippen LogP contribution in [-0.4, -0.2) is 39.0 Å². The number of anilines is 3. The lowest BCUT2D eigenvalue weighted by atomic mass is 10.1. The maximum atomic E-state index is 5.74. The number of aryl methyl sites for hydroxylation is 2. The van der Waals surface area contributed by atoms with Crippen molar-refractivity contribution in [2.45, 2.75) is 32.8 Å².